The summed E-state index contributed by atoms with van der Waals surface area (Å²) in [5.41, 5.74) is 0. The summed E-state index contributed by atoms with van der Waals surface area (Å²) < 4.78 is 4.80. The molecule has 0 unspecified atom stereocenters. The average Bonchev–Trinajstić information content (AvgIpc) is 1.85. The van der Waals surface area contributed by atoms with Gasteiger partial charge in [-0.1, -0.05) is 5.92 Å². The lowest BCUT2D eigenvalue weighted by molar-refractivity contribution is -0.122. The molecule has 0 saturated carbocycles. The average molecular weight is 126 g/mol. The van der Waals surface area contributed by atoms with Crippen molar-refractivity contribution in [3.05, 3.63) is 0 Å². The van der Waals surface area contributed by atoms with Gasteiger partial charge in [0, 0.05) is 6.61 Å². The smallest absolute Gasteiger partial charge is 0.170 e. The molecule has 0 aromatic rings. The summed E-state index contributed by atoms with van der Waals surface area (Å²) in [6, 6.07) is 0. The second kappa shape index (κ2) is 5.33. The van der Waals surface area contributed by atoms with E-state index in [2.05, 4.69) is 5.92 Å². The molecule has 0 heterocycles. The van der Waals surface area contributed by atoms with Gasteiger partial charge in [-0.15, -0.1) is 6.42 Å². The lowest BCUT2D eigenvalue weighted by Gasteiger charge is -1.94. The zero-order valence-corrected chi connectivity index (χ0v) is 5.52. The third-order valence-corrected chi connectivity index (χ3v) is 0.766. The molecule has 0 amide bonds. The minimum absolute atomic E-state index is 0.0284. The number of carbonyl (C=O) groups excluding carboxylic acids is 1. The van der Waals surface area contributed by atoms with Gasteiger partial charge in [-0.05, 0) is 6.92 Å². The molecule has 0 aliphatic rings. The fourth-order valence-corrected chi connectivity index (χ4v) is 0.381. The molecular weight excluding hydrogens is 116 g/mol. The highest BCUT2D eigenvalue weighted by molar-refractivity contribution is 5.81. The van der Waals surface area contributed by atoms with Crippen LogP contribution in [0.2, 0.25) is 0 Å². The maximum Gasteiger partial charge on any atom is 0.170 e. The molecule has 0 radical (unpaired) electrons. The molecule has 0 bridgehead atoms. The van der Waals surface area contributed by atoms with Crippen LogP contribution in [-0.2, 0) is 9.53 Å². The molecule has 0 aliphatic carbocycles. The van der Waals surface area contributed by atoms with Crippen LogP contribution in [0.15, 0.2) is 0 Å². The van der Waals surface area contributed by atoms with Gasteiger partial charge >= 0.3 is 0 Å². The van der Waals surface area contributed by atoms with E-state index in [9.17, 15) is 4.79 Å². The van der Waals surface area contributed by atoms with Crippen molar-refractivity contribution in [1.82, 2.24) is 0 Å². The molecule has 2 heteroatoms. The van der Waals surface area contributed by atoms with E-state index in [1.54, 1.807) is 0 Å². The highest BCUT2D eigenvalue weighted by atomic mass is 16.5. The van der Waals surface area contributed by atoms with Crippen molar-refractivity contribution in [3.8, 4) is 12.3 Å². The Morgan fingerprint density at radius 1 is 1.78 bits per heavy atom. The molecule has 2 nitrogen and oxygen atoms in total. The van der Waals surface area contributed by atoms with Gasteiger partial charge in [0.15, 0.2) is 5.78 Å². The number of terminal acetylenes is 1. The van der Waals surface area contributed by atoms with E-state index < -0.39 is 0 Å². The number of carbonyl (C=O) groups is 1. The van der Waals surface area contributed by atoms with E-state index in [1.165, 1.54) is 0 Å². The van der Waals surface area contributed by atoms with Gasteiger partial charge in [-0.2, -0.15) is 0 Å². The number of hydrogen-bond acceptors (Lipinski definition) is 2. The van der Waals surface area contributed by atoms with Crippen molar-refractivity contribution in [1.29, 1.82) is 0 Å². The zero-order valence-electron chi connectivity index (χ0n) is 5.52. The Bertz CT molecular complexity index is 121. The molecular formula is C7H10O2. The summed E-state index contributed by atoms with van der Waals surface area (Å²) in [5, 5.41) is 0. The predicted molar refractivity (Wildman–Crippen MR) is 34.9 cm³/mol. The van der Waals surface area contributed by atoms with Crippen LogP contribution in [0.3, 0.4) is 0 Å². The quantitative estimate of drug-likeness (QED) is 0.516. The molecule has 0 fully saturated rings. The number of rotatable bonds is 4. The van der Waals surface area contributed by atoms with Gasteiger partial charge in [0.25, 0.3) is 0 Å². The summed E-state index contributed by atoms with van der Waals surface area (Å²) in [5.74, 6) is 2.22. The van der Waals surface area contributed by atoms with E-state index in [1.807, 2.05) is 6.92 Å². The van der Waals surface area contributed by atoms with Crippen molar-refractivity contribution in [3.63, 3.8) is 0 Å². The number of ketones is 1. The van der Waals surface area contributed by atoms with Gasteiger partial charge in [0.2, 0.25) is 0 Å². The zero-order chi connectivity index (χ0) is 7.11. The minimum atomic E-state index is -0.0284. The first-order chi connectivity index (χ1) is 4.31. The first-order valence-corrected chi connectivity index (χ1v) is 2.84. The van der Waals surface area contributed by atoms with Crippen LogP contribution >= 0.6 is 0 Å². The Labute approximate surface area is 55.2 Å². The van der Waals surface area contributed by atoms with Crippen molar-refractivity contribution < 1.29 is 9.53 Å². The van der Waals surface area contributed by atoms with Crippen molar-refractivity contribution in [2.75, 3.05) is 13.2 Å². The monoisotopic (exact) mass is 126 g/mol. The lowest BCUT2D eigenvalue weighted by Crippen LogP contribution is -2.06. The highest BCUT2D eigenvalue weighted by Crippen LogP contribution is 1.81. The Morgan fingerprint density at radius 2 is 2.44 bits per heavy atom. The highest BCUT2D eigenvalue weighted by Gasteiger charge is 1.95. The van der Waals surface area contributed by atoms with Crippen molar-refractivity contribution >= 4 is 5.78 Å². The summed E-state index contributed by atoms with van der Waals surface area (Å²) in [6.45, 7) is 2.56. The molecule has 0 N–H and O–H groups in total. The summed E-state index contributed by atoms with van der Waals surface area (Å²) in [4.78, 5) is 10.5. The number of ether oxygens (including phenoxy) is 1. The Balaban J connectivity index is 3.19. The van der Waals surface area contributed by atoms with Crippen molar-refractivity contribution in [2.45, 2.75) is 13.3 Å². The second-order valence-corrected chi connectivity index (χ2v) is 1.56. The summed E-state index contributed by atoms with van der Waals surface area (Å²) in [7, 11) is 0. The van der Waals surface area contributed by atoms with Crippen LogP contribution in [0.25, 0.3) is 0 Å². The van der Waals surface area contributed by atoms with E-state index in [4.69, 9.17) is 11.2 Å². The summed E-state index contributed by atoms with van der Waals surface area (Å²) in [6.07, 6.45) is 5.06. The maximum absolute atomic E-state index is 10.5. The van der Waals surface area contributed by atoms with Crippen LogP contribution in [-0.4, -0.2) is 19.0 Å². The maximum atomic E-state index is 10.5. The minimum Gasteiger partial charge on any atom is -0.374 e. The van der Waals surface area contributed by atoms with Gasteiger partial charge in [0.1, 0.15) is 6.61 Å². The topological polar surface area (TPSA) is 26.3 Å². The lowest BCUT2D eigenvalue weighted by atomic mass is 10.3. The van der Waals surface area contributed by atoms with Crippen LogP contribution in [0.4, 0.5) is 0 Å². The van der Waals surface area contributed by atoms with Crippen LogP contribution < -0.4 is 0 Å². The fourth-order valence-electron chi connectivity index (χ4n) is 0.381. The first kappa shape index (κ1) is 8.19. The van der Waals surface area contributed by atoms with E-state index in [-0.39, 0.29) is 18.8 Å². The molecule has 0 atom stereocenters. The van der Waals surface area contributed by atoms with Gasteiger partial charge < -0.3 is 4.74 Å². The molecule has 0 aliphatic heterocycles. The molecule has 0 saturated heterocycles. The van der Waals surface area contributed by atoms with Crippen molar-refractivity contribution in [2.24, 2.45) is 0 Å². The molecule has 0 aromatic heterocycles. The molecule has 0 aromatic carbocycles. The Kier molecular flexibility index (Phi) is 4.85. The second-order valence-electron chi connectivity index (χ2n) is 1.56. The number of Topliss-reactive ketones (excluding diaryl/α,β-unsaturated/α-hetero) is 1. The largest absolute Gasteiger partial charge is 0.374 e. The molecule has 0 rings (SSSR count). The third kappa shape index (κ3) is 5.05. The van der Waals surface area contributed by atoms with Gasteiger partial charge in [-0.3, -0.25) is 4.79 Å². The van der Waals surface area contributed by atoms with Crippen LogP contribution in [0, 0.1) is 12.3 Å². The van der Waals surface area contributed by atoms with Gasteiger partial charge in [0.05, 0.1) is 6.42 Å². The van der Waals surface area contributed by atoms with Gasteiger partial charge in [-0.25, -0.2) is 0 Å². The van der Waals surface area contributed by atoms with Crippen LogP contribution in [0.1, 0.15) is 13.3 Å². The first-order valence-electron chi connectivity index (χ1n) is 2.84. The normalized spacial score (nSPS) is 8.44. The molecule has 0 spiro atoms. The predicted octanol–water partition coefficient (Wildman–Crippen LogP) is 0.615. The fraction of sp³-hybridized carbons (Fsp3) is 0.571. The SMILES string of the molecule is C#CCC(=O)COCC. The van der Waals surface area contributed by atoms with E-state index in [0.29, 0.717) is 6.61 Å². The number of hydrogen-bond donors (Lipinski definition) is 0. The molecule has 50 valence electrons. The van der Waals surface area contributed by atoms with E-state index >= 15 is 0 Å². The molecule has 9 heavy (non-hydrogen) atoms. The summed E-state index contributed by atoms with van der Waals surface area (Å²) >= 11 is 0. The van der Waals surface area contributed by atoms with Crippen LogP contribution in [0.5, 0.6) is 0 Å². The third-order valence-electron chi connectivity index (χ3n) is 0.766. The Morgan fingerprint density at radius 3 is 2.89 bits per heavy atom. The van der Waals surface area contributed by atoms with E-state index in [0.717, 1.165) is 0 Å². The Hall–Kier alpha value is -0.810. The standard InChI is InChI=1S/C7H10O2/c1-3-5-7(8)6-9-4-2/h1H,4-6H2,2H3.